The minimum atomic E-state index is -0.941. The van der Waals surface area contributed by atoms with Crippen LogP contribution in [0.15, 0.2) is 78.9 Å². The number of aliphatic hydroxyl groups is 1. The first-order valence-corrected chi connectivity index (χ1v) is 10.5. The van der Waals surface area contributed by atoms with Gasteiger partial charge in [0.15, 0.2) is 11.5 Å². The number of benzene rings is 2. The zero-order valence-corrected chi connectivity index (χ0v) is 18.2. The van der Waals surface area contributed by atoms with Gasteiger partial charge in [0, 0.05) is 55.8 Å². The van der Waals surface area contributed by atoms with Crippen molar-refractivity contribution < 1.29 is 19.8 Å². The molecule has 1 aliphatic carbocycles. The van der Waals surface area contributed by atoms with Crippen LogP contribution in [0.5, 0.6) is 0 Å². The average molecular weight is 437 g/mol. The molecule has 1 aliphatic rings. The van der Waals surface area contributed by atoms with E-state index in [-0.39, 0.29) is 11.1 Å². The van der Waals surface area contributed by atoms with Crippen molar-refractivity contribution in [3.05, 3.63) is 95.7 Å². The van der Waals surface area contributed by atoms with Crippen molar-refractivity contribution in [1.29, 1.82) is 0 Å². The Bertz CT molecular complexity index is 1560. The van der Waals surface area contributed by atoms with Gasteiger partial charge in [-0.1, -0.05) is 56.3 Å². The molecule has 0 unspecified atom stereocenters. The van der Waals surface area contributed by atoms with Gasteiger partial charge in [-0.15, -0.1) is 6.58 Å². The lowest BCUT2D eigenvalue weighted by molar-refractivity contribution is -0.295. The molecule has 0 aliphatic heterocycles. The Balaban J connectivity index is 1.77. The largest absolute Gasteiger partial charge is 0.869 e. The van der Waals surface area contributed by atoms with Crippen LogP contribution in [0.3, 0.4) is 0 Å². The number of H-pyrrole nitrogens is 2. The highest BCUT2D eigenvalue weighted by molar-refractivity contribution is 6.48. The normalized spacial score (nSPS) is 15.2. The number of aliphatic hydroxyl groups excluding tert-OH is 1. The average Bonchev–Trinajstić information content (AvgIpc) is 3.41. The number of carbonyl (C=O) groups excluding carboxylic acids is 2. The summed E-state index contributed by atoms with van der Waals surface area (Å²) < 4.78 is 0. The van der Waals surface area contributed by atoms with Crippen LogP contribution in [-0.4, -0.2) is 26.6 Å². The third kappa shape index (κ3) is 2.88. The fraction of sp³-hybridized carbons (Fsp3) is 0.111. The molecule has 0 spiro atoms. The Morgan fingerprint density at radius 2 is 1.58 bits per heavy atom. The highest BCUT2D eigenvalue weighted by Crippen LogP contribution is 2.42. The Morgan fingerprint density at radius 1 is 0.939 bits per heavy atom. The number of Topliss-reactive ketones (excluding diaryl/α,β-unsaturated/α-hetero) is 2. The van der Waals surface area contributed by atoms with Crippen molar-refractivity contribution in [1.82, 2.24) is 9.97 Å². The number of nitrogens with one attached hydrogen (secondary N) is 2. The van der Waals surface area contributed by atoms with Crippen LogP contribution in [0.1, 0.15) is 30.7 Å². The molecule has 2 aromatic carbocycles. The molecule has 0 bridgehead atoms. The van der Waals surface area contributed by atoms with E-state index in [0.717, 1.165) is 5.52 Å². The lowest BCUT2D eigenvalue weighted by atomic mass is 9.80. The van der Waals surface area contributed by atoms with Crippen LogP contribution in [-0.2, 0) is 15.0 Å². The van der Waals surface area contributed by atoms with Crippen LogP contribution in [0, 0.1) is 0 Å². The van der Waals surface area contributed by atoms with Crippen molar-refractivity contribution in [2.75, 3.05) is 0 Å². The number of aromatic amines is 2. The molecule has 0 amide bonds. The van der Waals surface area contributed by atoms with Crippen LogP contribution in [0.4, 0.5) is 0 Å². The van der Waals surface area contributed by atoms with Gasteiger partial charge in [-0.05, 0) is 17.9 Å². The minimum Gasteiger partial charge on any atom is -0.869 e. The number of ketones is 2. The van der Waals surface area contributed by atoms with Gasteiger partial charge in [-0.2, -0.15) is 0 Å². The first-order valence-electron chi connectivity index (χ1n) is 10.5. The Hall–Kier alpha value is -4.32. The number of hydrogen-bond donors (Lipinski definition) is 3. The number of para-hydroxylation sites is 2. The fourth-order valence-corrected chi connectivity index (χ4v) is 4.41. The van der Waals surface area contributed by atoms with Crippen LogP contribution < -0.4 is 5.11 Å². The molecule has 2 aromatic heterocycles. The molecule has 3 N–H and O–H groups in total. The van der Waals surface area contributed by atoms with Crippen molar-refractivity contribution in [2.45, 2.75) is 19.3 Å². The lowest BCUT2D eigenvalue weighted by Gasteiger charge is -2.27. The second-order valence-corrected chi connectivity index (χ2v) is 8.68. The third-order valence-corrected chi connectivity index (χ3v) is 6.31. The third-order valence-electron chi connectivity index (χ3n) is 6.31. The zero-order valence-electron chi connectivity index (χ0n) is 18.2. The molecule has 5 rings (SSSR count). The number of carbonyl (C=O) groups is 2. The first kappa shape index (κ1) is 20.6. The van der Waals surface area contributed by atoms with Gasteiger partial charge in [-0.25, -0.2) is 0 Å². The van der Waals surface area contributed by atoms with Gasteiger partial charge >= 0.3 is 0 Å². The summed E-state index contributed by atoms with van der Waals surface area (Å²) in [4.78, 5) is 33.1. The predicted molar refractivity (Wildman–Crippen MR) is 126 cm³/mol. The highest BCUT2D eigenvalue weighted by Gasteiger charge is 2.37. The summed E-state index contributed by atoms with van der Waals surface area (Å²) >= 11 is 0. The summed E-state index contributed by atoms with van der Waals surface area (Å²) in [6.45, 7) is 7.66. The molecule has 2 heterocycles. The van der Waals surface area contributed by atoms with Gasteiger partial charge < -0.3 is 20.2 Å². The van der Waals surface area contributed by atoms with Gasteiger partial charge in [0.2, 0.25) is 5.78 Å². The maximum Gasteiger partial charge on any atom is 0.228 e. The first-order chi connectivity index (χ1) is 15.8. The van der Waals surface area contributed by atoms with Gasteiger partial charge in [-0.3, -0.25) is 9.59 Å². The monoisotopic (exact) mass is 437 g/mol. The molecule has 0 saturated heterocycles. The van der Waals surface area contributed by atoms with Gasteiger partial charge in [0.25, 0.3) is 0 Å². The van der Waals surface area contributed by atoms with E-state index in [0.29, 0.717) is 33.1 Å². The molecule has 4 aromatic rings. The fourth-order valence-electron chi connectivity index (χ4n) is 4.41. The Kier molecular flexibility index (Phi) is 4.43. The minimum absolute atomic E-state index is 0.282. The van der Waals surface area contributed by atoms with Crippen molar-refractivity contribution in [3.8, 4) is 0 Å². The van der Waals surface area contributed by atoms with Gasteiger partial charge in [0.1, 0.15) is 0 Å². The summed E-state index contributed by atoms with van der Waals surface area (Å²) in [6, 6.07) is 14.4. The summed E-state index contributed by atoms with van der Waals surface area (Å²) in [5, 5.41) is 25.6. The number of rotatable bonds is 4. The Labute approximate surface area is 189 Å². The van der Waals surface area contributed by atoms with E-state index < -0.39 is 28.5 Å². The van der Waals surface area contributed by atoms with Gasteiger partial charge in [0.05, 0.1) is 5.57 Å². The van der Waals surface area contributed by atoms with E-state index in [2.05, 4.69) is 16.5 Å². The topological polar surface area (TPSA) is 109 Å². The summed E-state index contributed by atoms with van der Waals surface area (Å²) in [7, 11) is 0. The standard InChI is InChI=1S/C27H22N2O4/c1-4-27(2,3)26-19(15-10-6-8-12-18(15)29-26)21-24(32)22(30)20(23(31)25(21)33)16-13-28-17-11-7-5-9-14(16)17/h4-13,28-30,33H,1H2,2-3H3/p-1. The van der Waals surface area contributed by atoms with Crippen LogP contribution in [0.25, 0.3) is 33.0 Å². The number of fused-ring (bicyclic) bond motifs is 2. The van der Waals surface area contributed by atoms with E-state index in [9.17, 15) is 19.8 Å². The molecular weight excluding hydrogens is 416 g/mol. The zero-order chi connectivity index (χ0) is 23.5. The number of allylic oxidation sites excluding steroid dienone is 3. The molecule has 33 heavy (non-hydrogen) atoms. The molecule has 0 radical (unpaired) electrons. The predicted octanol–water partition coefficient (Wildman–Crippen LogP) is 4.31. The van der Waals surface area contributed by atoms with E-state index in [4.69, 9.17) is 0 Å². The number of hydrogen-bond acceptors (Lipinski definition) is 4. The van der Waals surface area contributed by atoms with Crippen molar-refractivity contribution in [3.63, 3.8) is 0 Å². The van der Waals surface area contributed by atoms with E-state index in [1.807, 2.05) is 32.0 Å². The molecule has 0 atom stereocenters. The summed E-state index contributed by atoms with van der Waals surface area (Å²) in [5.74, 6) is -3.46. The SMILES string of the molecule is C=CC(C)(C)c1[nH]c2ccccc2c1C1=C([O-])C(=O)C(c2c[nH]c3ccccc23)=C(O)C1=O. The maximum absolute atomic E-state index is 13.5. The van der Waals surface area contributed by atoms with Crippen LogP contribution >= 0.6 is 0 Å². The highest BCUT2D eigenvalue weighted by atomic mass is 16.3. The Morgan fingerprint density at radius 3 is 2.27 bits per heavy atom. The smallest absolute Gasteiger partial charge is 0.228 e. The van der Waals surface area contributed by atoms with E-state index >= 15 is 0 Å². The van der Waals surface area contributed by atoms with Crippen molar-refractivity contribution in [2.24, 2.45) is 0 Å². The molecule has 6 heteroatoms. The number of aromatic nitrogens is 2. The van der Waals surface area contributed by atoms with Crippen LogP contribution in [0.2, 0.25) is 0 Å². The molecule has 164 valence electrons. The van der Waals surface area contributed by atoms with Crippen molar-refractivity contribution >= 4 is 44.5 Å². The molecular formula is C27H21N2O4-. The van der Waals surface area contributed by atoms with E-state index in [1.54, 1.807) is 36.4 Å². The lowest BCUT2D eigenvalue weighted by Crippen LogP contribution is -2.30. The molecule has 0 saturated carbocycles. The van der Waals surface area contributed by atoms with E-state index in [1.165, 1.54) is 6.20 Å². The molecule has 0 fully saturated rings. The summed E-state index contributed by atoms with van der Waals surface area (Å²) in [5.41, 5.74) is 1.40. The second-order valence-electron chi connectivity index (χ2n) is 8.68. The quantitative estimate of drug-likeness (QED) is 0.327. The summed E-state index contributed by atoms with van der Waals surface area (Å²) in [6.07, 6.45) is 3.23. The molecule has 6 nitrogen and oxygen atoms in total. The second kappa shape index (κ2) is 7.10. The maximum atomic E-state index is 13.5.